The molecule has 0 atom stereocenters. The van der Waals surface area contributed by atoms with Gasteiger partial charge in [0, 0.05) is 19.3 Å². The molecule has 1 amide bonds. The number of aromatic nitrogens is 1. The number of carbonyl (C=O) groups excluding carboxylic acids is 1. The SMILES string of the molecule is Cc1ccc(C(=O)NCc2ccc3c(c2)OCCO3)n1C. The Kier molecular flexibility index (Phi) is 3.56. The van der Waals surface area contributed by atoms with Gasteiger partial charge in [-0.1, -0.05) is 6.07 Å². The molecule has 0 spiro atoms. The van der Waals surface area contributed by atoms with Crippen LogP contribution < -0.4 is 14.8 Å². The number of nitrogens with one attached hydrogen (secondary N) is 1. The van der Waals surface area contributed by atoms with Gasteiger partial charge in [0.2, 0.25) is 0 Å². The highest BCUT2D eigenvalue weighted by Crippen LogP contribution is 2.30. The first kappa shape index (κ1) is 13.5. The van der Waals surface area contributed by atoms with E-state index in [2.05, 4.69) is 5.32 Å². The third-order valence-corrected chi connectivity index (χ3v) is 3.67. The lowest BCUT2D eigenvalue weighted by Gasteiger charge is -2.19. The predicted octanol–water partition coefficient (Wildman–Crippen LogP) is 2.03. The zero-order valence-electron chi connectivity index (χ0n) is 12.2. The highest BCUT2D eigenvalue weighted by atomic mass is 16.6. The van der Waals surface area contributed by atoms with E-state index in [9.17, 15) is 4.79 Å². The zero-order chi connectivity index (χ0) is 14.8. The van der Waals surface area contributed by atoms with Crippen molar-refractivity contribution in [2.75, 3.05) is 13.2 Å². The summed E-state index contributed by atoms with van der Waals surface area (Å²) in [5.41, 5.74) is 2.70. The number of rotatable bonds is 3. The van der Waals surface area contributed by atoms with Crippen molar-refractivity contribution < 1.29 is 14.3 Å². The van der Waals surface area contributed by atoms with Crippen molar-refractivity contribution in [3.63, 3.8) is 0 Å². The fraction of sp³-hybridized carbons (Fsp3) is 0.312. The van der Waals surface area contributed by atoms with Gasteiger partial charge in [-0.05, 0) is 36.8 Å². The Morgan fingerprint density at radius 1 is 1.19 bits per heavy atom. The van der Waals surface area contributed by atoms with Crippen LogP contribution in [-0.4, -0.2) is 23.7 Å². The van der Waals surface area contributed by atoms with Crippen LogP contribution in [0.4, 0.5) is 0 Å². The molecule has 110 valence electrons. The van der Waals surface area contributed by atoms with Gasteiger partial charge >= 0.3 is 0 Å². The van der Waals surface area contributed by atoms with E-state index in [1.165, 1.54) is 0 Å². The lowest BCUT2D eigenvalue weighted by molar-refractivity contribution is 0.0942. The van der Waals surface area contributed by atoms with Crippen LogP contribution in [0.15, 0.2) is 30.3 Å². The Bertz CT molecular complexity index is 676. The van der Waals surface area contributed by atoms with Crippen LogP contribution in [0.1, 0.15) is 21.7 Å². The molecule has 21 heavy (non-hydrogen) atoms. The summed E-state index contributed by atoms with van der Waals surface area (Å²) in [5, 5.41) is 2.92. The van der Waals surface area contributed by atoms with Crippen LogP contribution in [-0.2, 0) is 13.6 Å². The highest BCUT2D eigenvalue weighted by molar-refractivity contribution is 5.92. The van der Waals surface area contributed by atoms with Gasteiger partial charge in [0.1, 0.15) is 18.9 Å². The van der Waals surface area contributed by atoms with Crippen LogP contribution >= 0.6 is 0 Å². The van der Waals surface area contributed by atoms with E-state index in [1.54, 1.807) is 0 Å². The summed E-state index contributed by atoms with van der Waals surface area (Å²) in [7, 11) is 1.88. The van der Waals surface area contributed by atoms with Gasteiger partial charge in [-0.15, -0.1) is 0 Å². The van der Waals surface area contributed by atoms with Crippen molar-refractivity contribution in [2.24, 2.45) is 7.05 Å². The Morgan fingerprint density at radius 3 is 2.67 bits per heavy atom. The van der Waals surface area contributed by atoms with Gasteiger partial charge < -0.3 is 19.4 Å². The quantitative estimate of drug-likeness (QED) is 0.939. The van der Waals surface area contributed by atoms with Gasteiger partial charge in [0.15, 0.2) is 11.5 Å². The molecular formula is C16H18N2O3. The Balaban J connectivity index is 1.67. The first-order valence-corrected chi connectivity index (χ1v) is 6.94. The summed E-state index contributed by atoms with van der Waals surface area (Å²) in [6.07, 6.45) is 0. The van der Waals surface area contributed by atoms with Gasteiger partial charge in [-0.3, -0.25) is 4.79 Å². The van der Waals surface area contributed by atoms with E-state index in [4.69, 9.17) is 9.47 Å². The lowest BCUT2D eigenvalue weighted by atomic mass is 10.2. The second-order valence-corrected chi connectivity index (χ2v) is 5.08. The van der Waals surface area contributed by atoms with Crippen molar-refractivity contribution in [1.29, 1.82) is 0 Å². The monoisotopic (exact) mass is 286 g/mol. The summed E-state index contributed by atoms with van der Waals surface area (Å²) in [5.74, 6) is 1.41. The number of nitrogens with zero attached hydrogens (tertiary/aromatic N) is 1. The molecule has 0 saturated heterocycles. The molecule has 1 aliphatic heterocycles. The Morgan fingerprint density at radius 2 is 1.95 bits per heavy atom. The largest absolute Gasteiger partial charge is 0.486 e. The van der Waals surface area contributed by atoms with Crippen molar-refractivity contribution in [1.82, 2.24) is 9.88 Å². The summed E-state index contributed by atoms with van der Waals surface area (Å²) in [6, 6.07) is 9.48. The molecule has 3 rings (SSSR count). The van der Waals surface area contributed by atoms with Crippen molar-refractivity contribution >= 4 is 5.91 Å². The molecular weight excluding hydrogens is 268 g/mol. The second-order valence-electron chi connectivity index (χ2n) is 5.08. The van der Waals surface area contributed by atoms with E-state index in [-0.39, 0.29) is 5.91 Å². The minimum atomic E-state index is -0.0829. The Hall–Kier alpha value is -2.43. The van der Waals surface area contributed by atoms with E-state index in [0.717, 1.165) is 22.8 Å². The summed E-state index contributed by atoms with van der Waals surface area (Å²) >= 11 is 0. The number of carbonyl (C=O) groups is 1. The number of amides is 1. The third kappa shape index (κ3) is 2.72. The minimum Gasteiger partial charge on any atom is -0.486 e. The number of benzene rings is 1. The van der Waals surface area contributed by atoms with E-state index >= 15 is 0 Å². The van der Waals surface area contributed by atoms with Gasteiger partial charge in [0.25, 0.3) is 5.91 Å². The average molecular weight is 286 g/mol. The van der Waals surface area contributed by atoms with Crippen LogP contribution in [0.25, 0.3) is 0 Å². The molecule has 2 aromatic rings. The molecule has 0 fully saturated rings. The van der Waals surface area contributed by atoms with E-state index in [1.807, 2.05) is 48.9 Å². The maximum atomic E-state index is 12.2. The van der Waals surface area contributed by atoms with E-state index in [0.29, 0.717) is 25.5 Å². The van der Waals surface area contributed by atoms with Crippen molar-refractivity contribution in [3.05, 3.63) is 47.3 Å². The first-order valence-electron chi connectivity index (χ1n) is 6.94. The summed E-state index contributed by atoms with van der Waals surface area (Å²) in [6.45, 7) is 3.57. The molecule has 1 aromatic carbocycles. The zero-order valence-corrected chi connectivity index (χ0v) is 12.2. The molecule has 0 unspecified atom stereocenters. The van der Waals surface area contributed by atoms with Gasteiger partial charge in [-0.2, -0.15) is 0 Å². The predicted molar refractivity (Wildman–Crippen MR) is 78.8 cm³/mol. The molecule has 2 heterocycles. The highest BCUT2D eigenvalue weighted by Gasteiger charge is 2.13. The topological polar surface area (TPSA) is 52.5 Å². The molecule has 0 bridgehead atoms. The molecule has 5 heteroatoms. The maximum absolute atomic E-state index is 12.2. The summed E-state index contributed by atoms with van der Waals surface area (Å²) in [4.78, 5) is 12.2. The van der Waals surface area contributed by atoms with E-state index < -0.39 is 0 Å². The molecule has 0 saturated carbocycles. The average Bonchev–Trinajstić information content (AvgIpc) is 2.84. The van der Waals surface area contributed by atoms with Crippen LogP contribution in [0.3, 0.4) is 0 Å². The van der Waals surface area contributed by atoms with Crippen molar-refractivity contribution in [2.45, 2.75) is 13.5 Å². The molecule has 1 N–H and O–H groups in total. The molecule has 1 aromatic heterocycles. The van der Waals surface area contributed by atoms with Crippen LogP contribution in [0.5, 0.6) is 11.5 Å². The minimum absolute atomic E-state index is 0.0829. The van der Waals surface area contributed by atoms with Gasteiger partial charge in [0.05, 0.1) is 0 Å². The smallest absolute Gasteiger partial charge is 0.268 e. The van der Waals surface area contributed by atoms with Gasteiger partial charge in [-0.25, -0.2) is 0 Å². The number of hydrogen-bond donors (Lipinski definition) is 1. The van der Waals surface area contributed by atoms with Crippen molar-refractivity contribution in [3.8, 4) is 11.5 Å². The standard InChI is InChI=1S/C16H18N2O3/c1-11-3-5-13(18(11)2)16(19)17-10-12-4-6-14-15(9-12)21-8-7-20-14/h3-6,9H,7-8,10H2,1-2H3,(H,17,19). The molecule has 1 aliphatic rings. The normalized spacial score (nSPS) is 13.0. The molecule has 0 radical (unpaired) electrons. The second kappa shape index (κ2) is 5.52. The number of hydrogen-bond acceptors (Lipinski definition) is 3. The van der Waals surface area contributed by atoms with Crippen LogP contribution in [0.2, 0.25) is 0 Å². The first-order chi connectivity index (χ1) is 10.1. The number of ether oxygens (including phenoxy) is 2. The number of fused-ring (bicyclic) bond motifs is 1. The Labute approximate surface area is 123 Å². The third-order valence-electron chi connectivity index (χ3n) is 3.67. The lowest BCUT2D eigenvalue weighted by Crippen LogP contribution is -2.25. The fourth-order valence-corrected chi connectivity index (χ4v) is 2.31. The molecule has 0 aliphatic carbocycles. The maximum Gasteiger partial charge on any atom is 0.268 e. The molecule has 5 nitrogen and oxygen atoms in total. The fourth-order valence-electron chi connectivity index (χ4n) is 2.31. The number of aryl methyl sites for hydroxylation is 1. The van der Waals surface area contributed by atoms with Crippen LogP contribution in [0, 0.1) is 6.92 Å². The summed E-state index contributed by atoms with van der Waals surface area (Å²) < 4.78 is 12.9.